The number of anilines is 1. The van der Waals surface area contributed by atoms with E-state index < -0.39 is 10.0 Å². The summed E-state index contributed by atoms with van der Waals surface area (Å²) in [4.78, 5) is 0.0518. The van der Waals surface area contributed by atoms with Gasteiger partial charge in [-0.15, -0.1) is 0 Å². The van der Waals surface area contributed by atoms with Gasteiger partial charge in [-0.25, -0.2) is 13.1 Å². The Balaban J connectivity index is 2.19. The fourth-order valence-electron chi connectivity index (χ4n) is 1.98. The van der Waals surface area contributed by atoms with Crippen LogP contribution in [0.1, 0.15) is 11.1 Å². The zero-order valence-electron chi connectivity index (χ0n) is 12.0. The quantitative estimate of drug-likeness (QED) is 0.829. The molecule has 21 heavy (non-hydrogen) atoms. The summed E-state index contributed by atoms with van der Waals surface area (Å²) in [5, 5.41) is 0. The van der Waals surface area contributed by atoms with Gasteiger partial charge in [0.25, 0.3) is 0 Å². The van der Waals surface area contributed by atoms with Crippen LogP contribution in [0.15, 0.2) is 47.4 Å². The van der Waals surface area contributed by atoms with Gasteiger partial charge in [-0.1, -0.05) is 29.8 Å². The van der Waals surface area contributed by atoms with E-state index in [9.17, 15) is 8.42 Å². The van der Waals surface area contributed by atoms with Crippen molar-refractivity contribution in [2.24, 2.45) is 0 Å². The summed E-state index contributed by atoms with van der Waals surface area (Å²) >= 11 is 0. The van der Waals surface area contributed by atoms with Gasteiger partial charge in [-0.2, -0.15) is 0 Å². The minimum Gasteiger partial charge on any atom is -0.497 e. The van der Waals surface area contributed by atoms with E-state index in [1.807, 2.05) is 31.2 Å². The molecule has 0 atom stereocenters. The van der Waals surface area contributed by atoms with E-state index in [2.05, 4.69) is 4.72 Å². The molecule has 0 saturated carbocycles. The first-order chi connectivity index (χ1) is 9.92. The van der Waals surface area contributed by atoms with Crippen molar-refractivity contribution in [3.8, 4) is 5.75 Å². The van der Waals surface area contributed by atoms with E-state index in [-0.39, 0.29) is 17.1 Å². The van der Waals surface area contributed by atoms with Crippen molar-refractivity contribution in [2.75, 3.05) is 12.8 Å². The lowest BCUT2D eigenvalue weighted by Gasteiger charge is -2.10. The van der Waals surface area contributed by atoms with E-state index in [0.29, 0.717) is 5.75 Å². The van der Waals surface area contributed by atoms with Crippen molar-refractivity contribution in [3.05, 3.63) is 53.6 Å². The van der Waals surface area contributed by atoms with Crippen LogP contribution < -0.4 is 15.2 Å². The zero-order valence-corrected chi connectivity index (χ0v) is 12.8. The fourth-order valence-corrected chi connectivity index (χ4v) is 3.11. The molecule has 2 aromatic rings. The number of nitrogens with two attached hydrogens (primary N) is 1. The van der Waals surface area contributed by atoms with E-state index in [0.717, 1.165) is 11.1 Å². The zero-order chi connectivity index (χ0) is 15.5. The molecule has 0 unspecified atom stereocenters. The molecule has 0 aliphatic rings. The monoisotopic (exact) mass is 306 g/mol. The van der Waals surface area contributed by atoms with Crippen molar-refractivity contribution in [3.63, 3.8) is 0 Å². The highest BCUT2D eigenvalue weighted by molar-refractivity contribution is 7.89. The number of nitrogens with one attached hydrogen (secondary N) is 1. The van der Waals surface area contributed by atoms with Crippen molar-refractivity contribution in [1.82, 2.24) is 4.72 Å². The van der Waals surface area contributed by atoms with Crippen LogP contribution in [0.4, 0.5) is 5.69 Å². The molecule has 0 spiro atoms. The molecule has 0 radical (unpaired) electrons. The number of hydrogen-bond donors (Lipinski definition) is 2. The number of hydrogen-bond acceptors (Lipinski definition) is 4. The first-order valence-electron chi connectivity index (χ1n) is 6.41. The molecule has 0 aliphatic heterocycles. The highest BCUT2D eigenvalue weighted by atomic mass is 32.2. The van der Waals surface area contributed by atoms with E-state index in [1.54, 1.807) is 6.07 Å². The van der Waals surface area contributed by atoms with Gasteiger partial charge in [0.2, 0.25) is 10.0 Å². The highest BCUT2D eigenvalue weighted by Gasteiger charge is 2.17. The largest absolute Gasteiger partial charge is 0.497 e. The summed E-state index contributed by atoms with van der Waals surface area (Å²) in [6.45, 7) is 2.18. The normalized spacial score (nSPS) is 11.3. The standard InChI is InChI=1S/C15H18N2O3S/c1-11-4-3-5-12(8-11)10-17-21(18,19)15-7-6-13(20-2)9-14(15)16/h3-9,17H,10,16H2,1-2H3. The summed E-state index contributed by atoms with van der Waals surface area (Å²) in [7, 11) is -2.16. The third-order valence-corrected chi connectivity index (χ3v) is 4.53. The lowest BCUT2D eigenvalue weighted by atomic mass is 10.1. The third-order valence-electron chi connectivity index (χ3n) is 3.06. The van der Waals surface area contributed by atoms with E-state index in [4.69, 9.17) is 10.5 Å². The Kier molecular flexibility index (Phi) is 4.50. The van der Waals surface area contributed by atoms with Gasteiger partial charge in [-0.05, 0) is 24.6 Å². The smallest absolute Gasteiger partial charge is 0.242 e. The molecule has 0 bridgehead atoms. The van der Waals surface area contributed by atoms with Gasteiger partial charge in [0, 0.05) is 12.6 Å². The van der Waals surface area contributed by atoms with Crippen molar-refractivity contribution < 1.29 is 13.2 Å². The lowest BCUT2D eigenvalue weighted by Crippen LogP contribution is -2.24. The number of aryl methyl sites for hydroxylation is 1. The molecule has 0 amide bonds. The molecular formula is C15H18N2O3S. The molecule has 0 aliphatic carbocycles. The Bertz CT molecular complexity index is 742. The minimum atomic E-state index is -3.66. The molecule has 2 rings (SSSR count). The Morgan fingerprint density at radius 2 is 1.95 bits per heavy atom. The Labute approximate surface area is 124 Å². The van der Waals surface area contributed by atoms with Crippen LogP contribution in [-0.4, -0.2) is 15.5 Å². The molecule has 0 aromatic heterocycles. The van der Waals surface area contributed by atoms with Gasteiger partial charge in [-0.3, -0.25) is 0 Å². The van der Waals surface area contributed by atoms with Crippen LogP contribution in [0.3, 0.4) is 0 Å². The fraction of sp³-hybridized carbons (Fsp3) is 0.200. The van der Waals surface area contributed by atoms with Gasteiger partial charge >= 0.3 is 0 Å². The molecule has 0 heterocycles. The van der Waals surface area contributed by atoms with E-state index >= 15 is 0 Å². The van der Waals surface area contributed by atoms with Gasteiger partial charge in [0.1, 0.15) is 10.6 Å². The Morgan fingerprint density at radius 3 is 2.57 bits per heavy atom. The SMILES string of the molecule is COc1ccc(S(=O)(=O)NCc2cccc(C)c2)c(N)c1. The molecule has 5 nitrogen and oxygen atoms in total. The molecule has 0 fully saturated rings. The van der Waals surface area contributed by atoms with Gasteiger partial charge in [0.15, 0.2) is 0 Å². The maximum absolute atomic E-state index is 12.3. The lowest BCUT2D eigenvalue weighted by molar-refractivity contribution is 0.414. The maximum Gasteiger partial charge on any atom is 0.242 e. The summed E-state index contributed by atoms with van der Waals surface area (Å²) in [5.41, 5.74) is 7.91. The second-order valence-electron chi connectivity index (χ2n) is 4.72. The average molecular weight is 306 g/mol. The van der Waals surface area contributed by atoms with Crippen molar-refractivity contribution in [2.45, 2.75) is 18.4 Å². The summed E-state index contributed by atoms with van der Waals surface area (Å²) in [6, 6.07) is 12.1. The first kappa shape index (κ1) is 15.3. The number of methoxy groups -OCH3 is 1. The van der Waals surface area contributed by atoms with Gasteiger partial charge in [0.05, 0.1) is 12.8 Å². The number of rotatable bonds is 5. The molecular weight excluding hydrogens is 288 g/mol. The molecule has 0 saturated heterocycles. The van der Waals surface area contributed by atoms with E-state index in [1.165, 1.54) is 19.2 Å². The molecule has 112 valence electrons. The topological polar surface area (TPSA) is 81.4 Å². The second kappa shape index (κ2) is 6.15. The van der Waals surface area contributed by atoms with Crippen molar-refractivity contribution >= 4 is 15.7 Å². The maximum atomic E-state index is 12.3. The number of ether oxygens (including phenoxy) is 1. The third kappa shape index (κ3) is 3.74. The van der Waals surface area contributed by atoms with Crippen LogP contribution >= 0.6 is 0 Å². The minimum absolute atomic E-state index is 0.0518. The second-order valence-corrected chi connectivity index (χ2v) is 6.45. The summed E-state index contributed by atoms with van der Waals surface area (Å²) in [5.74, 6) is 0.519. The van der Waals surface area contributed by atoms with Gasteiger partial charge < -0.3 is 10.5 Å². The van der Waals surface area contributed by atoms with Crippen LogP contribution in [0.25, 0.3) is 0 Å². The molecule has 2 aromatic carbocycles. The molecule has 3 N–H and O–H groups in total. The highest BCUT2D eigenvalue weighted by Crippen LogP contribution is 2.23. The van der Waals surface area contributed by atoms with Crippen LogP contribution in [0.5, 0.6) is 5.75 Å². The van der Waals surface area contributed by atoms with Crippen LogP contribution in [0.2, 0.25) is 0 Å². The Morgan fingerprint density at radius 1 is 1.19 bits per heavy atom. The van der Waals surface area contributed by atoms with Crippen LogP contribution in [-0.2, 0) is 16.6 Å². The number of nitrogen functional groups attached to an aromatic ring is 1. The Hall–Kier alpha value is -2.05. The van der Waals surface area contributed by atoms with Crippen molar-refractivity contribution in [1.29, 1.82) is 0 Å². The predicted molar refractivity (Wildman–Crippen MR) is 82.6 cm³/mol. The molecule has 6 heteroatoms. The number of benzene rings is 2. The summed E-state index contributed by atoms with van der Waals surface area (Å²) < 4.78 is 32.1. The summed E-state index contributed by atoms with van der Waals surface area (Å²) in [6.07, 6.45) is 0. The first-order valence-corrected chi connectivity index (χ1v) is 7.89. The van der Waals surface area contributed by atoms with Crippen LogP contribution in [0, 0.1) is 6.92 Å². The average Bonchev–Trinajstić information content (AvgIpc) is 2.45. The number of sulfonamides is 1. The predicted octanol–water partition coefficient (Wildman–Crippen LogP) is 2.06.